The second-order valence-corrected chi connectivity index (χ2v) is 5.65. The van der Waals surface area contributed by atoms with Gasteiger partial charge in [-0.05, 0) is 6.42 Å². The Morgan fingerprint density at radius 2 is 1.58 bits per heavy atom. The number of carbonyl (C=O) groups excluding carboxylic acids is 1. The molecule has 0 unspecified atom stereocenters. The van der Waals surface area contributed by atoms with E-state index in [-0.39, 0.29) is 19.2 Å². The first-order chi connectivity index (χ1) is 8.95. The van der Waals surface area contributed by atoms with Crippen molar-refractivity contribution in [2.45, 2.75) is 58.3 Å². The Balaban J connectivity index is 3.28. The number of unbranched alkanes of at least 4 members (excludes halogenated alkanes) is 6. The van der Waals surface area contributed by atoms with Gasteiger partial charge in [-0.15, -0.1) is 0 Å². The van der Waals surface area contributed by atoms with Crippen LogP contribution in [0.5, 0.6) is 0 Å². The van der Waals surface area contributed by atoms with E-state index < -0.39 is 7.82 Å². The number of hydrogen-bond acceptors (Lipinski definition) is 4. The van der Waals surface area contributed by atoms with Gasteiger partial charge in [-0.2, -0.15) is 0 Å². The Hall–Kier alpha value is -0.420. The molecule has 114 valence electrons. The van der Waals surface area contributed by atoms with Gasteiger partial charge in [0.1, 0.15) is 6.61 Å². The van der Waals surface area contributed by atoms with Crippen LogP contribution in [-0.2, 0) is 18.6 Å². The van der Waals surface area contributed by atoms with Crippen molar-refractivity contribution in [2.24, 2.45) is 0 Å². The average molecular weight is 296 g/mol. The zero-order valence-electron chi connectivity index (χ0n) is 11.5. The van der Waals surface area contributed by atoms with E-state index in [9.17, 15) is 9.36 Å². The third kappa shape index (κ3) is 15.5. The second kappa shape index (κ2) is 11.4. The van der Waals surface area contributed by atoms with Crippen molar-refractivity contribution in [3.05, 3.63) is 0 Å². The summed E-state index contributed by atoms with van der Waals surface area (Å²) < 4.78 is 19.3. The van der Waals surface area contributed by atoms with Gasteiger partial charge in [0.05, 0.1) is 6.61 Å². The van der Waals surface area contributed by atoms with Gasteiger partial charge in [-0.25, -0.2) is 4.57 Å². The van der Waals surface area contributed by atoms with Gasteiger partial charge in [-0.1, -0.05) is 45.4 Å². The number of rotatable bonds is 12. The Kier molecular flexibility index (Phi) is 11.2. The van der Waals surface area contributed by atoms with Gasteiger partial charge in [0.15, 0.2) is 0 Å². The summed E-state index contributed by atoms with van der Waals surface area (Å²) in [6, 6.07) is 0. The highest BCUT2D eigenvalue weighted by Gasteiger charge is 2.13. The Morgan fingerprint density at radius 3 is 2.16 bits per heavy atom. The fourth-order valence-corrected chi connectivity index (χ4v) is 1.92. The van der Waals surface area contributed by atoms with Crippen molar-refractivity contribution in [3.8, 4) is 0 Å². The lowest BCUT2D eigenvalue weighted by atomic mass is 10.1. The van der Waals surface area contributed by atoms with Crippen LogP contribution in [0.1, 0.15) is 58.3 Å². The first kappa shape index (κ1) is 18.6. The molecule has 0 aliphatic heterocycles. The van der Waals surface area contributed by atoms with Gasteiger partial charge in [0, 0.05) is 6.42 Å². The maximum absolute atomic E-state index is 11.2. The van der Waals surface area contributed by atoms with Crippen molar-refractivity contribution in [1.82, 2.24) is 0 Å². The van der Waals surface area contributed by atoms with E-state index in [2.05, 4.69) is 11.4 Å². The number of carbonyl (C=O) groups is 1. The van der Waals surface area contributed by atoms with E-state index in [0.29, 0.717) is 6.42 Å². The van der Waals surface area contributed by atoms with Crippen LogP contribution in [0.3, 0.4) is 0 Å². The molecule has 0 heterocycles. The van der Waals surface area contributed by atoms with Crippen LogP contribution in [0.2, 0.25) is 0 Å². The highest BCUT2D eigenvalue weighted by atomic mass is 31.2. The number of ether oxygens (including phenoxy) is 1. The van der Waals surface area contributed by atoms with E-state index in [1.54, 1.807) is 0 Å². The predicted octanol–water partition coefficient (Wildman–Crippen LogP) is 2.78. The fraction of sp³-hybridized carbons (Fsp3) is 0.917. The molecule has 2 N–H and O–H groups in total. The van der Waals surface area contributed by atoms with Gasteiger partial charge in [-0.3, -0.25) is 9.32 Å². The first-order valence-electron chi connectivity index (χ1n) is 6.81. The van der Waals surface area contributed by atoms with Crippen molar-refractivity contribution in [3.63, 3.8) is 0 Å². The van der Waals surface area contributed by atoms with Gasteiger partial charge in [0.25, 0.3) is 0 Å². The minimum atomic E-state index is -4.46. The lowest BCUT2D eigenvalue weighted by molar-refractivity contribution is -0.144. The van der Waals surface area contributed by atoms with Crippen LogP contribution in [-0.4, -0.2) is 29.0 Å². The topological polar surface area (TPSA) is 93.1 Å². The van der Waals surface area contributed by atoms with Crippen LogP contribution in [0.4, 0.5) is 0 Å². The normalized spacial score (nSPS) is 11.5. The van der Waals surface area contributed by atoms with E-state index in [4.69, 9.17) is 14.5 Å². The van der Waals surface area contributed by atoms with E-state index >= 15 is 0 Å². The van der Waals surface area contributed by atoms with Crippen LogP contribution in [0, 0.1) is 0 Å². The predicted molar refractivity (Wildman–Crippen MR) is 71.6 cm³/mol. The molecule has 0 saturated heterocycles. The van der Waals surface area contributed by atoms with Crippen molar-refractivity contribution in [2.75, 3.05) is 13.2 Å². The highest BCUT2D eigenvalue weighted by molar-refractivity contribution is 7.46. The molecule has 19 heavy (non-hydrogen) atoms. The maximum atomic E-state index is 11.2. The highest BCUT2D eigenvalue weighted by Crippen LogP contribution is 2.35. The number of hydrogen-bond donors (Lipinski definition) is 2. The first-order valence-corrected chi connectivity index (χ1v) is 8.34. The molecule has 0 spiro atoms. The molecule has 0 radical (unpaired) electrons. The molecule has 0 aliphatic carbocycles. The third-order valence-electron chi connectivity index (χ3n) is 2.59. The van der Waals surface area contributed by atoms with Gasteiger partial charge in [0.2, 0.25) is 0 Å². The summed E-state index contributed by atoms with van der Waals surface area (Å²) in [6.07, 6.45) is 8.24. The molecule has 0 aromatic rings. The molecule has 7 heteroatoms. The molecule has 0 fully saturated rings. The quantitative estimate of drug-likeness (QED) is 0.327. The molecule has 0 amide bonds. The Labute approximate surface area is 114 Å². The summed E-state index contributed by atoms with van der Waals surface area (Å²) in [5, 5.41) is 0. The van der Waals surface area contributed by atoms with E-state index in [0.717, 1.165) is 19.3 Å². The standard InChI is InChI=1S/C12H25O6P/c1-2-3-4-5-6-7-8-9-12(13)17-10-11-18-19(14,15)16/h2-11H2,1H3,(H2,14,15,16). The number of phosphoric ester groups is 1. The zero-order valence-corrected chi connectivity index (χ0v) is 12.4. The molecule has 0 aromatic heterocycles. The number of phosphoric acid groups is 1. The van der Waals surface area contributed by atoms with E-state index in [1.165, 1.54) is 25.7 Å². The van der Waals surface area contributed by atoms with Crippen LogP contribution in [0.25, 0.3) is 0 Å². The number of esters is 1. The molecule has 0 saturated carbocycles. The van der Waals surface area contributed by atoms with Crippen LogP contribution in [0.15, 0.2) is 0 Å². The summed E-state index contributed by atoms with van der Waals surface area (Å²) in [4.78, 5) is 28.0. The molecule has 0 aliphatic rings. The molecular weight excluding hydrogens is 271 g/mol. The van der Waals surface area contributed by atoms with Crippen molar-refractivity contribution >= 4 is 13.8 Å². The summed E-state index contributed by atoms with van der Waals surface area (Å²) in [5.41, 5.74) is 0. The Bertz CT molecular complexity index is 275. The lowest BCUT2D eigenvalue weighted by Crippen LogP contribution is -2.09. The second-order valence-electron chi connectivity index (χ2n) is 4.42. The SMILES string of the molecule is CCCCCCCCCC(=O)OCCOP(=O)(O)O. The minimum absolute atomic E-state index is 0.125. The average Bonchev–Trinajstić information content (AvgIpc) is 2.32. The third-order valence-corrected chi connectivity index (χ3v) is 3.11. The van der Waals surface area contributed by atoms with Gasteiger partial charge < -0.3 is 14.5 Å². The molecule has 6 nitrogen and oxygen atoms in total. The fourth-order valence-electron chi connectivity index (χ4n) is 1.61. The maximum Gasteiger partial charge on any atom is 0.469 e. The Morgan fingerprint density at radius 1 is 1.00 bits per heavy atom. The van der Waals surface area contributed by atoms with E-state index in [1.807, 2.05) is 0 Å². The summed E-state index contributed by atoms with van der Waals surface area (Å²) in [6.45, 7) is 1.76. The van der Waals surface area contributed by atoms with Gasteiger partial charge >= 0.3 is 13.8 Å². The van der Waals surface area contributed by atoms with Crippen molar-refractivity contribution in [1.29, 1.82) is 0 Å². The molecule has 0 bridgehead atoms. The zero-order chi connectivity index (χ0) is 14.6. The smallest absolute Gasteiger partial charge is 0.463 e. The lowest BCUT2D eigenvalue weighted by Gasteiger charge is -2.06. The minimum Gasteiger partial charge on any atom is -0.463 e. The molecule has 0 aromatic carbocycles. The summed E-state index contributed by atoms with van der Waals surface area (Å²) in [7, 11) is -4.46. The molecule has 0 atom stereocenters. The molecular formula is C12H25O6P. The summed E-state index contributed by atoms with van der Waals surface area (Å²) in [5.74, 6) is -0.345. The monoisotopic (exact) mass is 296 g/mol. The van der Waals surface area contributed by atoms with Crippen LogP contribution >= 0.6 is 7.82 Å². The van der Waals surface area contributed by atoms with Crippen molar-refractivity contribution < 1.29 is 28.4 Å². The summed E-state index contributed by atoms with van der Waals surface area (Å²) >= 11 is 0. The largest absolute Gasteiger partial charge is 0.469 e. The van der Waals surface area contributed by atoms with Crippen LogP contribution < -0.4 is 0 Å². The molecule has 0 rings (SSSR count).